The van der Waals surface area contributed by atoms with Crippen molar-refractivity contribution in [3.8, 4) is 11.5 Å². The molecule has 0 radical (unpaired) electrons. The zero-order valence-electron chi connectivity index (χ0n) is 15.6. The number of carbonyl (C=O) groups excluding carboxylic acids is 1. The number of hydrogen-bond acceptors (Lipinski definition) is 4. The molecule has 8 heteroatoms. The van der Waals surface area contributed by atoms with Crippen LogP contribution >= 0.6 is 15.9 Å². The second kappa shape index (κ2) is 9.21. The number of benzene rings is 3. The van der Waals surface area contributed by atoms with Gasteiger partial charge in [0, 0.05) is 11.0 Å². The Bertz CT molecular complexity index is 1120. The highest BCUT2D eigenvalue weighted by atomic mass is 79.9. The lowest BCUT2D eigenvalue weighted by Gasteiger charge is -2.12. The minimum atomic E-state index is -3.48. The average molecular weight is 475 g/mol. The van der Waals surface area contributed by atoms with E-state index in [1.54, 1.807) is 42.5 Å². The van der Waals surface area contributed by atoms with E-state index < -0.39 is 10.0 Å². The first-order valence-corrected chi connectivity index (χ1v) is 11.0. The van der Waals surface area contributed by atoms with Gasteiger partial charge in [0.05, 0.1) is 10.5 Å². The molecule has 3 aromatic rings. The van der Waals surface area contributed by atoms with E-state index in [1.165, 1.54) is 19.2 Å². The Kier molecular flexibility index (Phi) is 6.68. The van der Waals surface area contributed by atoms with Crippen molar-refractivity contribution in [2.45, 2.75) is 11.4 Å². The van der Waals surface area contributed by atoms with Gasteiger partial charge in [-0.3, -0.25) is 4.79 Å². The van der Waals surface area contributed by atoms with Gasteiger partial charge in [0.15, 0.2) is 0 Å². The molecule has 0 bridgehead atoms. The summed E-state index contributed by atoms with van der Waals surface area (Å²) < 4.78 is 32.6. The molecule has 0 heterocycles. The molecule has 0 aromatic heterocycles. The van der Waals surface area contributed by atoms with Crippen molar-refractivity contribution in [2.24, 2.45) is 0 Å². The number of hydrogen-bond donors (Lipinski definition) is 2. The van der Waals surface area contributed by atoms with E-state index in [-0.39, 0.29) is 17.3 Å². The third-order valence-corrected chi connectivity index (χ3v) is 6.03. The SMILES string of the molecule is CNS(=O)(=O)c1ccc(CNC(=O)c2ccccc2Oc2cccc(Br)c2)cc1. The van der Waals surface area contributed by atoms with Crippen molar-refractivity contribution in [1.82, 2.24) is 10.0 Å². The zero-order valence-corrected chi connectivity index (χ0v) is 18.0. The van der Waals surface area contributed by atoms with Crippen molar-refractivity contribution in [1.29, 1.82) is 0 Å². The maximum atomic E-state index is 12.7. The van der Waals surface area contributed by atoms with Crippen LogP contribution in [0.2, 0.25) is 0 Å². The number of amides is 1. The van der Waals surface area contributed by atoms with E-state index in [0.717, 1.165) is 10.0 Å². The lowest BCUT2D eigenvalue weighted by atomic mass is 10.1. The van der Waals surface area contributed by atoms with Gasteiger partial charge in [-0.25, -0.2) is 13.1 Å². The zero-order chi connectivity index (χ0) is 20.9. The first kappa shape index (κ1) is 21.0. The monoisotopic (exact) mass is 474 g/mol. The van der Waals surface area contributed by atoms with E-state index in [9.17, 15) is 13.2 Å². The highest BCUT2D eigenvalue weighted by molar-refractivity contribution is 9.10. The number of halogens is 1. The molecule has 0 aliphatic carbocycles. The van der Waals surface area contributed by atoms with E-state index in [0.29, 0.717) is 17.1 Å². The normalized spacial score (nSPS) is 11.1. The minimum Gasteiger partial charge on any atom is -0.456 e. The summed E-state index contributed by atoms with van der Waals surface area (Å²) in [5.41, 5.74) is 1.18. The number of ether oxygens (including phenoxy) is 1. The van der Waals surface area contributed by atoms with Crippen LogP contribution in [0.15, 0.2) is 82.2 Å². The molecule has 0 aliphatic rings. The summed E-state index contributed by atoms with van der Waals surface area (Å²) in [4.78, 5) is 12.8. The Morgan fingerprint density at radius 2 is 1.72 bits per heavy atom. The van der Waals surface area contributed by atoms with Crippen LogP contribution in [0.1, 0.15) is 15.9 Å². The van der Waals surface area contributed by atoms with Crippen LogP contribution < -0.4 is 14.8 Å². The van der Waals surface area contributed by atoms with Crippen LogP contribution in [0, 0.1) is 0 Å². The van der Waals surface area contributed by atoms with Gasteiger partial charge < -0.3 is 10.1 Å². The van der Waals surface area contributed by atoms with Crippen molar-refractivity contribution in [2.75, 3.05) is 7.05 Å². The predicted octanol–water partition coefficient (Wildman–Crippen LogP) is 4.08. The molecule has 0 saturated heterocycles. The van der Waals surface area contributed by atoms with Crippen molar-refractivity contribution >= 4 is 31.9 Å². The predicted molar refractivity (Wildman–Crippen MR) is 115 cm³/mol. The molecule has 29 heavy (non-hydrogen) atoms. The van der Waals surface area contributed by atoms with Gasteiger partial charge in [0.1, 0.15) is 11.5 Å². The summed E-state index contributed by atoms with van der Waals surface area (Å²) >= 11 is 3.39. The Morgan fingerprint density at radius 1 is 1.00 bits per heavy atom. The fourth-order valence-corrected chi connectivity index (χ4v) is 3.69. The molecule has 0 aliphatic heterocycles. The summed E-state index contributed by atoms with van der Waals surface area (Å²) in [6, 6.07) is 20.6. The van der Waals surface area contributed by atoms with Crippen molar-refractivity contribution < 1.29 is 17.9 Å². The molecule has 0 saturated carbocycles. The van der Waals surface area contributed by atoms with E-state index in [2.05, 4.69) is 26.0 Å². The molecule has 150 valence electrons. The fraction of sp³-hybridized carbons (Fsp3) is 0.0952. The lowest BCUT2D eigenvalue weighted by Crippen LogP contribution is -2.23. The average Bonchev–Trinajstić information content (AvgIpc) is 2.73. The van der Waals surface area contributed by atoms with Gasteiger partial charge in [0.2, 0.25) is 10.0 Å². The van der Waals surface area contributed by atoms with Gasteiger partial charge in [0.25, 0.3) is 5.91 Å². The maximum Gasteiger partial charge on any atom is 0.255 e. The highest BCUT2D eigenvalue weighted by Gasteiger charge is 2.14. The van der Waals surface area contributed by atoms with E-state index >= 15 is 0 Å². The minimum absolute atomic E-state index is 0.169. The molecule has 2 N–H and O–H groups in total. The van der Waals surface area contributed by atoms with Crippen LogP contribution in [0.5, 0.6) is 11.5 Å². The largest absolute Gasteiger partial charge is 0.456 e. The number of nitrogens with one attached hydrogen (secondary N) is 2. The summed E-state index contributed by atoms with van der Waals surface area (Å²) in [7, 11) is -2.13. The Balaban J connectivity index is 1.70. The van der Waals surface area contributed by atoms with Crippen LogP contribution in [0.4, 0.5) is 0 Å². The molecule has 0 spiro atoms. The molecule has 3 aromatic carbocycles. The lowest BCUT2D eigenvalue weighted by molar-refractivity contribution is 0.0948. The second-order valence-corrected chi connectivity index (χ2v) is 8.89. The molecule has 6 nitrogen and oxygen atoms in total. The third kappa shape index (κ3) is 5.44. The van der Waals surface area contributed by atoms with E-state index in [1.807, 2.05) is 18.2 Å². The molecule has 0 unspecified atom stereocenters. The fourth-order valence-electron chi connectivity index (χ4n) is 2.58. The number of carbonyl (C=O) groups is 1. The molecular formula is C21H19BrN2O4S. The molecule has 0 atom stereocenters. The van der Waals surface area contributed by atoms with Gasteiger partial charge in [-0.15, -0.1) is 0 Å². The summed E-state index contributed by atoms with van der Waals surface area (Å²) in [6.45, 7) is 0.254. The summed E-state index contributed by atoms with van der Waals surface area (Å²) in [5, 5.41) is 2.83. The molecule has 3 rings (SSSR count). The van der Waals surface area contributed by atoms with Gasteiger partial charge >= 0.3 is 0 Å². The Morgan fingerprint density at radius 3 is 2.41 bits per heavy atom. The maximum absolute atomic E-state index is 12.7. The molecule has 1 amide bonds. The van der Waals surface area contributed by atoms with Gasteiger partial charge in [-0.1, -0.05) is 46.3 Å². The highest BCUT2D eigenvalue weighted by Crippen LogP contribution is 2.27. The van der Waals surface area contributed by atoms with Crippen LogP contribution in [-0.2, 0) is 16.6 Å². The first-order chi connectivity index (χ1) is 13.9. The van der Waals surface area contributed by atoms with Gasteiger partial charge in [-0.05, 0) is 55.1 Å². The number of para-hydroxylation sites is 1. The number of sulfonamides is 1. The Hall–Kier alpha value is -2.68. The van der Waals surface area contributed by atoms with Gasteiger partial charge in [-0.2, -0.15) is 0 Å². The van der Waals surface area contributed by atoms with Crippen LogP contribution in [0.3, 0.4) is 0 Å². The van der Waals surface area contributed by atoms with E-state index in [4.69, 9.17) is 4.74 Å². The van der Waals surface area contributed by atoms with Crippen molar-refractivity contribution in [3.63, 3.8) is 0 Å². The van der Waals surface area contributed by atoms with Crippen molar-refractivity contribution in [3.05, 3.63) is 88.4 Å². The topological polar surface area (TPSA) is 84.5 Å². The first-order valence-electron chi connectivity index (χ1n) is 8.72. The third-order valence-electron chi connectivity index (χ3n) is 4.11. The van der Waals surface area contributed by atoms with Crippen LogP contribution in [0.25, 0.3) is 0 Å². The molecule has 0 fully saturated rings. The number of rotatable bonds is 7. The smallest absolute Gasteiger partial charge is 0.255 e. The molecular weight excluding hydrogens is 456 g/mol. The standard InChI is InChI=1S/C21H19BrN2O4S/c1-23-29(26,27)18-11-9-15(10-12-18)14-24-21(25)19-7-2-3-8-20(19)28-17-6-4-5-16(22)13-17/h2-13,23H,14H2,1H3,(H,24,25). The quantitative estimate of drug-likeness (QED) is 0.540. The summed E-state index contributed by atoms with van der Waals surface area (Å²) in [5.74, 6) is 0.766. The Labute approximate surface area is 178 Å². The summed E-state index contributed by atoms with van der Waals surface area (Å²) in [6.07, 6.45) is 0. The second-order valence-electron chi connectivity index (χ2n) is 6.09. The van der Waals surface area contributed by atoms with Crippen LogP contribution in [-0.4, -0.2) is 21.4 Å².